The number of hydrogen-bond acceptors (Lipinski definition) is 4. The summed E-state index contributed by atoms with van der Waals surface area (Å²) in [7, 11) is 3.61. The van der Waals surface area contributed by atoms with E-state index in [1.54, 1.807) is 11.7 Å². The number of rotatable bonds is 4. The Kier molecular flexibility index (Phi) is 4.55. The fourth-order valence-electron chi connectivity index (χ4n) is 2.79. The molecule has 0 aliphatic carbocycles. The molecule has 3 N–H and O–H groups in total. The molecule has 1 saturated heterocycles. The second-order valence-electron chi connectivity index (χ2n) is 5.12. The van der Waals surface area contributed by atoms with E-state index in [0.29, 0.717) is 6.54 Å². The van der Waals surface area contributed by atoms with Crippen LogP contribution in [0.5, 0.6) is 0 Å². The summed E-state index contributed by atoms with van der Waals surface area (Å²) in [6.07, 6.45) is 5.69. The van der Waals surface area contributed by atoms with E-state index in [1.807, 2.05) is 19.4 Å². The van der Waals surface area contributed by atoms with E-state index in [0.717, 1.165) is 31.5 Å². The molecule has 1 aliphatic rings. The monoisotopic (exact) mass is 265 g/mol. The van der Waals surface area contributed by atoms with Gasteiger partial charge in [-0.05, 0) is 25.9 Å². The lowest BCUT2D eigenvalue weighted by atomic mass is 9.94. The van der Waals surface area contributed by atoms with Gasteiger partial charge in [-0.1, -0.05) is 0 Å². The minimum absolute atomic E-state index is 0.147. The fraction of sp³-hybridized carbons (Fsp3) is 0.692. The van der Waals surface area contributed by atoms with Crippen molar-refractivity contribution in [3.05, 3.63) is 18.0 Å². The minimum atomic E-state index is 0.147. The zero-order valence-electron chi connectivity index (χ0n) is 11.7. The Balaban J connectivity index is 1.97. The smallest absolute Gasteiger partial charge is 0.222 e. The molecule has 1 fully saturated rings. The molecule has 1 aliphatic heterocycles. The average molecular weight is 265 g/mol. The standard InChI is InChI=1S/C13H23N5O/c1-15-13(19)10-3-5-18(6-4-10)12(7-14)11-8-16-17(2)9-11/h8-10,12H,3-7,14H2,1-2H3,(H,15,19). The number of nitrogens with one attached hydrogen (secondary N) is 1. The molecule has 0 spiro atoms. The molecule has 1 amide bonds. The summed E-state index contributed by atoms with van der Waals surface area (Å²) in [6.45, 7) is 2.40. The topological polar surface area (TPSA) is 76.2 Å². The second kappa shape index (κ2) is 6.16. The number of hydrogen-bond donors (Lipinski definition) is 2. The van der Waals surface area contributed by atoms with Crippen LogP contribution in [0.3, 0.4) is 0 Å². The fourth-order valence-corrected chi connectivity index (χ4v) is 2.79. The third kappa shape index (κ3) is 3.13. The lowest BCUT2D eigenvalue weighted by molar-refractivity contribution is -0.126. The van der Waals surface area contributed by atoms with E-state index < -0.39 is 0 Å². The molecule has 1 aromatic heterocycles. The number of amides is 1. The molecule has 6 nitrogen and oxygen atoms in total. The van der Waals surface area contributed by atoms with Crippen molar-refractivity contribution in [3.8, 4) is 0 Å². The van der Waals surface area contributed by atoms with Crippen LogP contribution in [-0.4, -0.2) is 47.3 Å². The van der Waals surface area contributed by atoms with E-state index in [-0.39, 0.29) is 17.9 Å². The summed E-state index contributed by atoms with van der Waals surface area (Å²) in [5, 5.41) is 6.94. The first-order valence-electron chi connectivity index (χ1n) is 6.80. The van der Waals surface area contributed by atoms with E-state index in [2.05, 4.69) is 15.3 Å². The van der Waals surface area contributed by atoms with Crippen LogP contribution in [0.4, 0.5) is 0 Å². The average Bonchev–Trinajstić information content (AvgIpc) is 2.86. The van der Waals surface area contributed by atoms with Crippen molar-refractivity contribution in [3.63, 3.8) is 0 Å². The van der Waals surface area contributed by atoms with Gasteiger partial charge in [-0.2, -0.15) is 5.10 Å². The third-order valence-electron chi connectivity index (χ3n) is 3.92. The summed E-state index contributed by atoms with van der Waals surface area (Å²) in [6, 6.07) is 0.208. The number of likely N-dealkylation sites (tertiary alicyclic amines) is 1. The molecular weight excluding hydrogens is 242 g/mol. The molecule has 19 heavy (non-hydrogen) atoms. The molecule has 2 rings (SSSR count). The number of aryl methyl sites for hydroxylation is 1. The van der Waals surface area contributed by atoms with Crippen molar-refractivity contribution >= 4 is 5.91 Å². The van der Waals surface area contributed by atoms with Crippen LogP contribution in [0.25, 0.3) is 0 Å². The van der Waals surface area contributed by atoms with Crippen LogP contribution in [0.1, 0.15) is 24.4 Å². The Bertz CT molecular complexity index is 422. The van der Waals surface area contributed by atoms with Gasteiger partial charge in [0.15, 0.2) is 0 Å². The lowest BCUT2D eigenvalue weighted by Gasteiger charge is -2.36. The van der Waals surface area contributed by atoms with Crippen molar-refractivity contribution in [1.29, 1.82) is 0 Å². The number of piperidine rings is 1. The van der Waals surface area contributed by atoms with Crippen molar-refractivity contribution < 1.29 is 4.79 Å². The van der Waals surface area contributed by atoms with Crippen LogP contribution in [-0.2, 0) is 11.8 Å². The van der Waals surface area contributed by atoms with Gasteiger partial charge < -0.3 is 11.1 Å². The maximum atomic E-state index is 11.6. The van der Waals surface area contributed by atoms with E-state index in [9.17, 15) is 4.79 Å². The Morgan fingerprint density at radius 2 is 2.26 bits per heavy atom. The van der Waals surface area contributed by atoms with Crippen molar-refractivity contribution in [2.75, 3.05) is 26.7 Å². The van der Waals surface area contributed by atoms with Crippen LogP contribution in [0, 0.1) is 5.92 Å². The van der Waals surface area contributed by atoms with Crippen LogP contribution >= 0.6 is 0 Å². The highest BCUT2D eigenvalue weighted by Gasteiger charge is 2.28. The highest BCUT2D eigenvalue weighted by atomic mass is 16.1. The predicted molar refractivity (Wildman–Crippen MR) is 73.4 cm³/mol. The van der Waals surface area contributed by atoms with Gasteiger partial charge in [-0.3, -0.25) is 14.4 Å². The Hall–Kier alpha value is -1.40. The summed E-state index contributed by atoms with van der Waals surface area (Å²) in [5.41, 5.74) is 7.06. The zero-order chi connectivity index (χ0) is 13.8. The first kappa shape index (κ1) is 14.0. The van der Waals surface area contributed by atoms with E-state index in [4.69, 9.17) is 5.73 Å². The Labute approximate surface area is 113 Å². The molecule has 6 heteroatoms. The van der Waals surface area contributed by atoms with Gasteiger partial charge in [-0.25, -0.2) is 0 Å². The van der Waals surface area contributed by atoms with Crippen LogP contribution in [0.2, 0.25) is 0 Å². The third-order valence-corrected chi connectivity index (χ3v) is 3.92. The molecule has 0 bridgehead atoms. The number of aromatic nitrogens is 2. The SMILES string of the molecule is CNC(=O)C1CCN(C(CN)c2cnn(C)c2)CC1. The largest absolute Gasteiger partial charge is 0.359 e. The molecular formula is C13H23N5O. The predicted octanol–water partition coefficient (Wildman–Crippen LogP) is -0.122. The van der Waals surface area contributed by atoms with Crippen molar-refractivity contribution in [2.24, 2.45) is 18.7 Å². The summed E-state index contributed by atoms with van der Waals surface area (Å²) < 4.78 is 1.80. The summed E-state index contributed by atoms with van der Waals surface area (Å²) in [5.74, 6) is 0.305. The molecule has 0 saturated carbocycles. The number of nitrogens with two attached hydrogens (primary N) is 1. The molecule has 106 valence electrons. The Morgan fingerprint density at radius 1 is 1.58 bits per heavy atom. The number of carbonyl (C=O) groups is 1. The molecule has 1 aromatic rings. The molecule has 2 heterocycles. The van der Waals surface area contributed by atoms with Gasteiger partial charge in [0.1, 0.15) is 0 Å². The molecule has 0 radical (unpaired) electrons. The minimum Gasteiger partial charge on any atom is -0.359 e. The van der Waals surface area contributed by atoms with Crippen LogP contribution < -0.4 is 11.1 Å². The van der Waals surface area contributed by atoms with Crippen molar-refractivity contribution in [2.45, 2.75) is 18.9 Å². The highest BCUT2D eigenvalue weighted by molar-refractivity contribution is 5.78. The van der Waals surface area contributed by atoms with Gasteiger partial charge in [0, 0.05) is 38.3 Å². The summed E-state index contributed by atoms with van der Waals surface area (Å²) in [4.78, 5) is 14.0. The van der Waals surface area contributed by atoms with Gasteiger partial charge >= 0.3 is 0 Å². The van der Waals surface area contributed by atoms with E-state index in [1.165, 1.54) is 0 Å². The van der Waals surface area contributed by atoms with Crippen molar-refractivity contribution in [1.82, 2.24) is 20.0 Å². The van der Waals surface area contributed by atoms with Gasteiger partial charge in [0.25, 0.3) is 0 Å². The molecule has 1 unspecified atom stereocenters. The van der Waals surface area contributed by atoms with Crippen LogP contribution in [0.15, 0.2) is 12.4 Å². The quantitative estimate of drug-likeness (QED) is 0.795. The maximum Gasteiger partial charge on any atom is 0.222 e. The first-order chi connectivity index (χ1) is 9.15. The second-order valence-corrected chi connectivity index (χ2v) is 5.12. The van der Waals surface area contributed by atoms with Gasteiger partial charge in [0.05, 0.1) is 12.2 Å². The molecule has 0 aromatic carbocycles. The van der Waals surface area contributed by atoms with E-state index >= 15 is 0 Å². The summed E-state index contributed by atoms with van der Waals surface area (Å²) >= 11 is 0. The number of nitrogens with zero attached hydrogens (tertiary/aromatic N) is 3. The lowest BCUT2D eigenvalue weighted by Crippen LogP contribution is -2.43. The first-order valence-corrected chi connectivity index (χ1v) is 6.80. The highest BCUT2D eigenvalue weighted by Crippen LogP contribution is 2.26. The molecule has 1 atom stereocenters. The number of carbonyl (C=O) groups excluding carboxylic acids is 1. The maximum absolute atomic E-state index is 11.6. The van der Waals surface area contributed by atoms with Gasteiger partial charge in [-0.15, -0.1) is 0 Å². The normalized spacial score (nSPS) is 19.3. The zero-order valence-corrected chi connectivity index (χ0v) is 11.7. The Morgan fingerprint density at radius 3 is 2.74 bits per heavy atom. The van der Waals surface area contributed by atoms with Gasteiger partial charge in [0.2, 0.25) is 5.91 Å².